The van der Waals surface area contributed by atoms with Crippen molar-refractivity contribution in [2.45, 2.75) is 63.3 Å². The molecule has 1 amide bonds. The van der Waals surface area contributed by atoms with Crippen LogP contribution in [-0.2, 0) is 4.79 Å². The normalized spacial score (nSPS) is 17.9. The van der Waals surface area contributed by atoms with Gasteiger partial charge in [-0.15, -0.1) is 6.42 Å². The third-order valence-electron chi connectivity index (χ3n) is 8.13. The van der Waals surface area contributed by atoms with Gasteiger partial charge in [0.05, 0.1) is 11.2 Å². The molecule has 2 aromatic carbocycles. The number of aromatic nitrogens is 3. The summed E-state index contributed by atoms with van der Waals surface area (Å²) in [7, 11) is 0. The van der Waals surface area contributed by atoms with Crippen LogP contribution in [0.1, 0.15) is 68.3 Å². The van der Waals surface area contributed by atoms with Gasteiger partial charge in [-0.25, -0.2) is 9.67 Å². The van der Waals surface area contributed by atoms with E-state index in [1.807, 2.05) is 42.5 Å². The molecule has 0 unspecified atom stereocenters. The average Bonchev–Trinajstić information content (AvgIpc) is 3.36. The number of furan rings is 1. The lowest BCUT2D eigenvalue weighted by atomic mass is 9.80. The molecule has 0 bridgehead atoms. The van der Waals surface area contributed by atoms with Crippen molar-refractivity contribution in [3.05, 3.63) is 66.9 Å². The average molecular weight is 507 g/mol. The zero-order chi connectivity index (χ0) is 26.2. The second kappa shape index (κ2) is 9.60. The lowest BCUT2D eigenvalue weighted by molar-refractivity contribution is -0.126. The Hall–Kier alpha value is -4.18. The fourth-order valence-electron chi connectivity index (χ4n) is 5.55. The van der Waals surface area contributed by atoms with E-state index < -0.39 is 5.54 Å². The maximum absolute atomic E-state index is 13.6. The van der Waals surface area contributed by atoms with Crippen molar-refractivity contribution >= 4 is 22.7 Å². The molecule has 0 spiro atoms. The summed E-state index contributed by atoms with van der Waals surface area (Å²) >= 11 is 0. The molecule has 7 nitrogen and oxygen atoms in total. The van der Waals surface area contributed by atoms with Gasteiger partial charge in [0.1, 0.15) is 18.2 Å². The minimum absolute atomic E-state index is 0.0657. The molecule has 2 saturated carbocycles. The summed E-state index contributed by atoms with van der Waals surface area (Å²) in [4.78, 5) is 31.0. The number of rotatable bonds is 7. The summed E-state index contributed by atoms with van der Waals surface area (Å²) in [5, 5.41) is 8.12. The molecule has 2 aliphatic carbocycles. The van der Waals surface area contributed by atoms with Gasteiger partial charge in [0, 0.05) is 17.2 Å². The Morgan fingerprint density at radius 2 is 1.71 bits per heavy atom. The molecule has 2 aliphatic rings. The highest BCUT2D eigenvalue weighted by atomic mass is 16.3. The Balaban J connectivity index is 1.23. The third kappa shape index (κ3) is 4.63. The summed E-state index contributed by atoms with van der Waals surface area (Å²) in [6.45, 7) is 0. The molecule has 2 heterocycles. The second-order valence-electron chi connectivity index (χ2n) is 10.7. The molecule has 2 aromatic heterocycles. The second-order valence-corrected chi connectivity index (χ2v) is 10.7. The van der Waals surface area contributed by atoms with Crippen LogP contribution in [0.3, 0.4) is 0 Å². The number of nitrogens with zero attached hydrogens (tertiary/aromatic N) is 3. The zero-order valence-corrected chi connectivity index (χ0v) is 21.3. The van der Waals surface area contributed by atoms with Gasteiger partial charge in [-0.05, 0) is 61.1 Å². The van der Waals surface area contributed by atoms with E-state index in [-0.39, 0.29) is 22.9 Å². The summed E-state index contributed by atoms with van der Waals surface area (Å²) in [5.74, 6) is 2.76. The fraction of sp³-hybridized carbons (Fsp3) is 0.355. The molecule has 4 aromatic rings. The van der Waals surface area contributed by atoms with Crippen LogP contribution in [0.25, 0.3) is 27.8 Å². The Labute approximate surface area is 221 Å². The standard InChI is InChI=1S/C31H30N4O3/c1-2-30(15-16-30)19-28(36)31(13-5-3-4-6-14-31)34-29(37)27-18-24-8-7-23(17-26(24)38-27)22-9-11-25(12-10-22)35-21-32-20-33-35/h1,7-12,17-18,20-21H,3-6,13-16,19H2,(H,34,37). The van der Waals surface area contributed by atoms with Gasteiger partial charge in [0.2, 0.25) is 0 Å². The first-order valence-electron chi connectivity index (χ1n) is 13.3. The van der Waals surface area contributed by atoms with E-state index in [1.165, 1.54) is 6.33 Å². The van der Waals surface area contributed by atoms with Gasteiger partial charge < -0.3 is 9.73 Å². The van der Waals surface area contributed by atoms with E-state index in [4.69, 9.17) is 10.8 Å². The van der Waals surface area contributed by atoms with Crippen molar-refractivity contribution in [3.8, 4) is 29.2 Å². The number of terminal acetylenes is 1. The molecular formula is C31H30N4O3. The highest BCUT2D eigenvalue weighted by molar-refractivity contribution is 6.01. The van der Waals surface area contributed by atoms with Crippen molar-refractivity contribution in [1.82, 2.24) is 20.1 Å². The van der Waals surface area contributed by atoms with E-state index >= 15 is 0 Å². The van der Waals surface area contributed by atoms with Gasteiger partial charge in [-0.2, -0.15) is 5.10 Å². The highest BCUT2D eigenvalue weighted by Crippen LogP contribution is 2.49. The van der Waals surface area contributed by atoms with Crippen LogP contribution in [0.4, 0.5) is 0 Å². The molecule has 192 valence electrons. The van der Waals surface area contributed by atoms with E-state index in [2.05, 4.69) is 21.3 Å². The van der Waals surface area contributed by atoms with E-state index in [9.17, 15) is 9.59 Å². The number of ketones is 1. The number of hydrogen-bond acceptors (Lipinski definition) is 5. The molecule has 0 saturated heterocycles. The lowest BCUT2D eigenvalue weighted by Crippen LogP contribution is -2.54. The summed E-state index contributed by atoms with van der Waals surface area (Å²) < 4.78 is 7.73. The topological polar surface area (TPSA) is 90.0 Å². The van der Waals surface area contributed by atoms with E-state index in [0.717, 1.165) is 60.7 Å². The van der Waals surface area contributed by atoms with Crippen molar-refractivity contribution in [3.63, 3.8) is 0 Å². The minimum Gasteiger partial charge on any atom is -0.451 e. The van der Waals surface area contributed by atoms with Crippen LogP contribution in [0.15, 0.2) is 65.6 Å². The number of amides is 1. The van der Waals surface area contributed by atoms with Gasteiger partial charge >= 0.3 is 0 Å². The molecule has 1 N–H and O–H groups in total. The highest BCUT2D eigenvalue weighted by Gasteiger charge is 2.48. The maximum atomic E-state index is 13.6. The van der Waals surface area contributed by atoms with Gasteiger partial charge in [0.25, 0.3) is 5.91 Å². The Kier molecular flexibility index (Phi) is 6.11. The molecule has 7 heteroatoms. The van der Waals surface area contributed by atoms with Crippen LogP contribution in [-0.4, -0.2) is 32.0 Å². The predicted octanol–water partition coefficient (Wildman–Crippen LogP) is 5.88. The number of fused-ring (bicyclic) bond motifs is 1. The van der Waals surface area contributed by atoms with Crippen LogP contribution >= 0.6 is 0 Å². The van der Waals surface area contributed by atoms with Gasteiger partial charge in [-0.1, -0.05) is 55.9 Å². The Morgan fingerprint density at radius 1 is 0.974 bits per heavy atom. The lowest BCUT2D eigenvalue weighted by Gasteiger charge is -2.33. The van der Waals surface area contributed by atoms with Gasteiger partial charge in [0.15, 0.2) is 11.5 Å². The molecule has 38 heavy (non-hydrogen) atoms. The molecule has 0 aliphatic heterocycles. The predicted molar refractivity (Wildman–Crippen MR) is 145 cm³/mol. The number of benzene rings is 2. The SMILES string of the molecule is C#CC1(CC(=O)C2(NC(=O)c3cc4ccc(-c5ccc(-n6cncn6)cc5)cc4o3)CCCCCC2)CC1. The van der Waals surface area contributed by atoms with E-state index in [0.29, 0.717) is 24.8 Å². The van der Waals surface area contributed by atoms with Crippen molar-refractivity contribution in [1.29, 1.82) is 0 Å². The first kappa shape index (κ1) is 24.2. The Bertz CT molecular complexity index is 1510. The number of carbonyl (C=O) groups is 2. The molecule has 0 atom stereocenters. The largest absolute Gasteiger partial charge is 0.451 e. The number of carbonyl (C=O) groups excluding carboxylic acids is 2. The van der Waals surface area contributed by atoms with Crippen LogP contribution in [0, 0.1) is 17.8 Å². The smallest absolute Gasteiger partial charge is 0.287 e. The summed E-state index contributed by atoms with van der Waals surface area (Å²) in [6.07, 6.45) is 16.2. The van der Waals surface area contributed by atoms with Crippen LogP contribution < -0.4 is 5.32 Å². The van der Waals surface area contributed by atoms with Gasteiger partial charge in [-0.3, -0.25) is 9.59 Å². The van der Waals surface area contributed by atoms with Crippen molar-refractivity contribution < 1.29 is 14.0 Å². The number of Topliss-reactive ketones (excluding diaryl/α,β-unsaturated/α-hetero) is 1. The van der Waals surface area contributed by atoms with Crippen LogP contribution in [0.5, 0.6) is 0 Å². The minimum atomic E-state index is -0.879. The molecule has 6 rings (SSSR count). The maximum Gasteiger partial charge on any atom is 0.287 e. The monoisotopic (exact) mass is 506 g/mol. The quantitative estimate of drug-likeness (QED) is 0.250. The summed E-state index contributed by atoms with van der Waals surface area (Å²) in [5.41, 5.74) is 2.34. The van der Waals surface area contributed by atoms with E-state index in [1.54, 1.807) is 17.1 Å². The first-order chi connectivity index (χ1) is 18.5. The number of hydrogen-bond donors (Lipinski definition) is 1. The molecule has 2 fully saturated rings. The van der Waals surface area contributed by atoms with Crippen molar-refractivity contribution in [2.75, 3.05) is 0 Å². The third-order valence-corrected chi connectivity index (χ3v) is 8.13. The van der Waals surface area contributed by atoms with Crippen LogP contribution in [0.2, 0.25) is 0 Å². The Morgan fingerprint density at radius 3 is 2.37 bits per heavy atom. The fourth-order valence-corrected chi connectivity index (χ4v) is 5.55. The zero-order valence-electron chi connectivity index (χ0n) is 21.3. The first-order valence-corrected chi connectivity index (χ1v) is 13.3. The summed E-state index contributed by atoms with van der Waals surface area (Å²) in [6, 6.07) is 15.6. The molecule has 0 radical (unpaired) electrons. The van der Waals surface area contributed by atoms with Crippen molar-refractivity contribution in [2.24, 2.45) is 5.41 Å². The number of nitrogens with one attached hydrogen (secondary N) is 1. The molecular weight excluding hydrogens is 476 g/mol.